The molecular weight excluding hydrogens is 458 g/mol. The van der Waals surface area contributed by atoms with Crippen LogP contribution in [-0.4, -0.2) is 20.2 Å². The van der Waals surface area contributed by atoms with Gasteiger partial charge >= 0.3 is 0 Å². The number of sulfonamides is 1. The maximum atomic E-state index is 12.5. The van der Waals surface area contributed by atoms with E-state index in [1.807, 2.05) is 41.8 Å². The lowest BCUT2D eigenvalue weighted by Crippen LogP contribution is -2.28. The molecule has 2 amide bonds. The van der Waals surface area contributed by atoms with Gasteiger partial charge in [0.05, 0.1) is 4.90 Å². The Kier molecular flexibility index (Phi) is 7.22. The number of thiophene rings is 1. The molecular formula is C24H25N3O4S2. The second kappa shape index (κ2) is 10.3. The first-order chi connectivity index (χ1) is 15.9. The molecule has 0 unspecified atom stereocenters. The zero-order valence-electron chi connectivity index (χ0n) is 17.9. The largest absolute Gasteiger partial charge is 0.348 e. The SMILES string of the molecule is O=C(NCc1cccc(NC(=O)C2CCC2)c1)c1ccc(S(=O)(=O)NCc2cccs2)cc1. The molecule has 0 aliphatic heterocycles. The average Bonchev–Trinajstić information content (AvgIpc) is 3.29. The molecule has 0 radical (unpaired) electrons. The normalized spacial score (nSPS) is 13.8. The molecule has 0 saturated heterocycles. The van der Waals surface area contributed by atoms with Crippen LogP contribution in [-0.2, 0) is 27.9 Å². The number of amides is 2. The minimum atomic E-state index is -3.66. The predicted octanol–water partition coefficient (Wildman–Crippen LogP) is 3.90. The van der Waals surface area contributed by atoms with E-state index < -0.39 is 10.0 Å². The van der Waals surface area contributed by atoms with Crippen LogP contribution in [0.5, 0.6) is 0 Å². The fraction of sp³-hybridized carbons (Fsp3) is 0.250. The second-order valence-electron chi connectivity index (χ2n) is 7.93. The molecule has 0 atom stereocenters. The summed E-state index contributed by atoms with van der Waals surface area (Å²) in [6.07, 6.45) is 2.97. The number of hydrogen-bond donors (Lipinski definition) is 3. The molecule has 2 aromatic carbocycles. The van der Waals surface area contributed by atoms with Crippen molar-refractivity contribution in [3.63, 3.8) is 0 Å². The van der Waals surface area contributed by atoms with Crippen molar-refractivity contribution in [2.24, 2.45) is 5.92 Å². The van der Waals surface area contributed by atoms with Gasteiger partial charge in [0.2, 0.25) is 15.9 Å². The summed E-state index contributed by atoms with van der Waals surface area (Å²) in [6, 6.07) is 16.9. The van der Waals surface area contributed by atoms with Gasteiger partial charge in [-0.05, 0) is 66.2 Å². The quantitative estimate of drug-likeness (QED) is 0.429. The van der Waals surface area contributed by atoms with Gasteiger partial charge in [0.25, 0.3) is 5.91 Å². The van der Waals surface area contributed by atoms with Gasteiger partial charge in [-0.2, -0.15) is 0 Å². The van der Waals surface area contributed by atoms with Crippen molar-refractivity contribution < 1.29 is 18.0 Å². The topological polar surface area (TPSA) is 104 Å². The summed E-state index contributed by atoms with van der Waals surface area (Å²) in [6.45, 7) is 0.511. The fourth-order valence-electron chi connectivity index (χ4n) is 3.41. The first kappa shape index (κ1) is 23.2. The molecule has 1 saturated carbocycles. The molecule has 0 bridgehead atoms. The van der Waals surface area contributed by atoms with Crippen molar-refractivity contribution in [3.8, 4) is 0 Å². The van der Waals surface area contributed by atoms with E-state index in [1.165, 1.54) is 35.6 Å². The van der Waals surface area contributed by atoms with Crippen molar-refractivity contribution >= 4 is 38.9 Å². The maximum Gasteiger partial charge on any atom is 0.251 e. The van der Waals surface area contributed by atoms with Crippen molar-refractivity contribution in [3.05, 3.63) is 82.0 Å². The van der Waals surface area contributed by atoms with Gasteiger partial charge in [0, 0.05) is 35.1 Å². The molecule has 172 valence electrons. The van der Waals surface area contributed by atoms with E-state index in [0.717, 1.165) is 29.7 Å². The predicted molar refractivity (Wildman–Crippen MR) is 128 cm³/mol. The van der Waals surface area contributed by atoms with E-state index in [1.54, 1.807) is 0 Å². The Morgan fingerprint density at radius 3 is 2.42 bits per heavy atom. The Hall–Kier alpha value is -3.01. The van der Waals surface area contributed by atoms with E-state index in [9.17, 15) is 18.0 Å². The van der Waals surface area contributed by atoms with Gasteiger partial charge in [0.15, 0.2) is 0 Å². The number of benzene rings is 2. The molecule has 1 aliphatic rings. The van der Waals surface area contributed by atoms with Crippen LogP contribution in [0.1, 0.15) is 40.1 Å². The lowest BCUT2D eigenvalue weighted by Gasteiger charge is -2.24. The molecule has 4 rings (SSSR count). The van der Waals surface area contributed by atoms with Gasteiger partial charge in [-0.1, -0.05) is 24.6 Å². The van der Waals surface area contributed by atoms with Gasteiger partial charge in [-0.25, -0.2) is 13.1 Å². The van der Waals surface area contributed by atoms with Crippen LogP contribution in [0.3, 0.4) is 0 Å². The minimum Gasteiger partial charge on any atom is -0.348 e. The Morgan fingerprint density at radius 2 is 1.76 bits per heavy atom. The zero-order chi connectivity index (χ0) is 23.3. The summed E-state index contributed by atoms with van der Waals surface area (Å²) in [4.78, 5) is 25.7. The lowest BCUT2D eigenvalue weighted by molar-refractivity contribution is -0.122. The monoisotopic (exact) mass is 483 g/mol. The highest BCUT2D eigenvalue weighted by atomic mass is 32.2. The number of hydrogen-bond acceptors (Lipinski definition) is 5. The van der Waals surface area contributed by atoms with E-state index >= 15 is 0 Å². The standard InChI is InChI=1S/C24H25N3O4S2/c28-23(25-15-17-4-1-7-20(14-17)27-24(29)18-5-2-6-18)19-9-11-22(12-10-19)33(30,31)26-16-21-8-3-13-32-21/h1,3-4,7-14,18,26H,2,5-6,15-16H2,(H,25,28)(H,27,29). The Bertz CT molecular complexity index is 1220. The maximum absolute atomic E-state index is 12.5. The zero-order valence-corrected chi connectivity index (χ0v) is 19.5. The van der Waals surface area contributed by atoms with E-state index in [-0.39, 0.29) is 35.7 Å². The molecule has 9 heteroatoms. The summed E-state index contributed by atoms with van der Waals surface area (Å²) in [5.41, 5.74) is 1.93. The molecule has 1 heterocycles. The third-order valence-electron chi connectivity index (χ3n) is 5.57. The number of anilines is 1. The summed E-state index contributed by atoms with van der Waals surface area (Å²) in [5.74, 6) is -0.164. The Balaban J connectivity index is 1.31. The number of nitrogens with one attached hydrogen (secondary N) is 3. The number of carbonyl (C=O) groups is 2. The van der Waals surface area contributed by atoms with Crippen LogP contribution in [0.4, 0.5) is 5.69 Å². The highest BCUT2D eigenvalue weighted by Crippen LogP contribution is 2.27. The molecule has 33 heavy (non-hydrogen) atoms. The van der Waals surface area contributed by atoms with Crippen molar-refractivity contribution in [1.82, 2.24) is 10.0 Å². The van der Waals surface area contributed by atoms with Crippen molar-refractivity contribution in [1.29, 1.82) is 0 Å². The van der Waals surface area contributed by atoms with Crippen LogP contribution < -0.4 is 15.4 Å². The van der Waals surface area contributed by atoms with Crippen LogP contribution in [0.2, 0.25) is 0 Å². The van der Waals surface area contributed by atoms with Crippen molar-refractivity contribution in [2.75, 3.05) is 5.32 Å². The van der Waals surface area contributed by atoms with Crippen LogP contribution in [0, 0.1) is 5.92 Å². The van der Waals surface area contributed by atoms with Crippen LogP contribution >= 0.6 is 11.3 Å². The van der Waals surface area contributed by atoms with Gasteiger partial charge < -0.3 is 10.6 Å². The van der Waals surface area contributed by atoms with Crippen molar-refractivity contribution in [2.45, 2.75) is 37.2 Å². The average molecular weight is 484 g/mol. The fourth-order valence-corrected chi connectivity index (χ4v) is 5.15. The molecule has 1 aromatic heterocycles. The van der Waals surface area contributed by atoms with Gasteiger partial charge in [-0.15, -0.1) is 11.3 Å². The highest BCUT2D eigenvalue weighted by molar-refractivity contribution is 7.89. The third kappa shape index (κ3) is 6.07. The van der Waals surface area contributed by atoms with Gasteiger partial charge in [-0.3, -0.25) is 9.59 Å². The molecule has 7 nitrogen and oxygen atoms in total. The minimum absolute atomic E-state index is 0.0438. The highest BCUT2D eigenvalue weighted by Gasteiger charge is 2.25. The summed E-state index contributed by atoms with van der Waals surface area (Å²) in [7, 11) is -3.66. The molecule has 3 aromatic rings. The van der Waals surface area contributed by atoms with E-state index in [2.05, 4.69) is 15.4 Å². The number of rotatable bonds is 9. The first-order valence-electron chi connectivity index (χ1n) is 10.7. The molecule has 1 aliphatic carbocycles. The lowest BCUT2D eigenvalue weighted by atomic mass is 9.85. The molecule has 3 N–H and O–H groups in total. The summed E-state index contributed by atoms with van der Waals surface area (Å²) in [5, 5.41) is 7.64. The van der Waals surface area contributed by atoms with Gasteiger partial charge in [0.1, 0.15) is 0 Å². The smallest absolute Gasteiger partial charge is 0.251 e. The Morgan fingerprint density at radius 1 is 0.970 bits per heavy atom. The van der Waals surface area contributed by atoms with Crippen LogP contribution in [0.15, 0.2) is 70.9 Å². The summed E-state index contributed by atoms with van der Waals surface area (Å²) < 4.78 is 27.5. The molecule has 0 spiro atoms. The van der Waals surface area contributed by atoms with Crippen LogP contribution in [0.25, 0.3) is 0 Å². The first-order valence-corrected chi connectivity index (χ1v) is 13.1. The van der Waals surface area contributed by atoms with E-state index in [4.69, 9.17) is 0 Å². The third-order valence-corrected chi connectivity index (χ3v) is 7.86. The number of carbonyl (C=O) groups excluding carboxylic acids is 2. The molecule has 1 fully saturated rings. The van der Waals surface area contributed by atoms with E-state index in [0.29, 0.717) is 11.3 Å². The summed E-state index contributed by atoms with van der Waals surface area (Å²) >= 11 is 1.48. The Labute approximate surface area is 197 Å². The second-order valence-corrected chi connectivity index (χ2v) is 10.7.